The van der Waals surface area contributed by atoms with E-state index >= 15 is 0 Å². The molecule has 0 spiro atoms. The van der Waals surface area contributed by atoms with Gasteiger partial charge in [-0.3, -0.25) is 4.79 Å². The van der Waals surface area contributed by atoms with Crippen molar-refractivity contribution in [2.45, 2.75) is 17.8 Å². The molecule has 4 aromatic rings. The lowest BCUT2D eigenvalue weighted by atomic mass is 10.1. The fourth-order valence-corrected chi connectivity index (χ4v) is 3.46. The number of hydrogen-bond donors (Lipinski definition) is 0. The third kappa shape index (κ3) is 4.52. The van der Waals surface area contributed by atoms with Crippen LogP contribution in [-0.4, -0.2) is 15.9 Å². The van der Waals surface area contributed by atoms with Crippen LogP contribution in [0.15, 0.2) is 81.4 Å². The molecule has 0 radical (unpaired) electrons. The summed E-state index contributed by atoms with van der Waals surface area (Å²) in [5.74, 6) is 0.0649. The molecule has 2 aromatic heterocycles. The lowest BCUT2D eigenvalue weighted by Crippen LogP contribution is -2.14. The Morgan fingerprint density at radius 1 is 1.10 bits per heavy atom. The zero-order valence-corrected chi connectivity index (χ0v) is 16.3. The highest BCUT2D eigenvalue weighted by molar-refractivity contribution is 7.98. The molecule has 0 aliphatic heterocycles. The van der Waals surface area contributed by atoms with Crippen molar-refractivity contribution in [3.05, 3.63) is 94.3 Å². The van der Waals surface area contributed by atoms with Gasteiger partial charge in [0.15, 0.2) is 5.16 Å². The molecule has 0 N–H and O–H groups in total. The SMILES string of the molecule is Cc1ccnc(SCc2cc(=O)c(OC(=O)c3ccc4ccccc4c3)co2)n1. The highest BCUT2D eigenvalue weighted by atomic mass is 32.2. The van der Waals surface area contributed by atoms with E-state index in [2.05, 4.69) is 9.97 Å². The summed E-state index contributed by atoms with van der Waals surface area (Å²) >= 11 is 1.35. The van der Waals surface area contributed by atoms with Gasteiger partial charge in [-0.15, -0.1) is 0 Å². The molecule has 29 heavy (non-hydrogen) atoms. The van der Waals surface area contributed by atoms with Crippen LogP contribution in [0.1, 0.15) is 21.8 Å². The van der Waals surface area contributed by atoms with E-state index in [0.29, 0.717) is 22.2 Å². The summed E-state index contributed by atoms with van der Waals surface area (Å²) in [6, 6.07) is 16.0. The maximum atomic E-state index is 12.4. The van der Waals surface area contributed by atoms with Gasteiger partial charge in [0.2, 0.25) is 11.2 Å². The van der Waals surface area contributed by atoms with E-state index in [4.69, 9.17) is 9.15 Å². The van der Waals surface area contributed by atoms with Crippen LogP contribution in [-0.2, 0) is 5.75 Å². The van der Waals surface area contributed by atoms with Crippen molar-refractivity contribution in [1.29, 1.82) is 0 Å². The Kier molecular flexibility index (Phi) is 5.39. The normalized spacial score (nSPS) is 10.8. The Morgan fingerprint density at radius 3 is 2.72 bits per heavy atom. The number of ether oxygens (including phenoxy) is 1. The van der Waals surface area contributed by atoms with Crippen molar-refractivity contribution in [1.82, 2.24) is 9.97 Å². The number of thioether (sulfide) groups is 1. The van der Waals surface area contributed by atoms with Gasteiger partial charge in [-0.05, 0) is 35.9 Å². The number of esters is 1. The number of benzene rings is 2. The van der Waals surface area contributed by atoms with Gasteiger partial charge in [0.1, 0.15) is 12.0 Å². The number of aryl methyl sites for hydroxylation is 1. The summed E-state index contributed by atoms with van der Waals surface area (Å²) in [6.45, 7) is 1.88. The molecule has 4 rings (SSSR count). The van der Waals surface area contributed by atoms with Crippen LogP contribution in [0.2, 0.25) is 0 Å². The number of aromatic nitrogens is 2. The minimum Gasteiger partial charge on any atom is -0.464 e. The molecule has 7 heteroatoms. The van der Waals surface area contributed by atoms with Gasteiger partial charge in [-0.1, -0.05) is 42.1 Å². The zero-order valence-electron chi connectivity index (χ0n) is 15.5. The first-order chi connectivity index (χ1) is 14.1. The minimum atomic E-state index is -0.613. The molecule has 0 bridgehead atoms. The average Bonchev–Trinajstić information content (AvgIpc) is 2.73. The standard InChI is InChI=1S/C22H16N2O4S/c1-14-8-9-23-22(24-14)29-13-18-11-19(25)20(12-27-18)28-21(26)17-7-6-15-4-2-3-5-16(15)10-17/h2-12H,13H2,1H3. The zero-order chi connectivity index (χ0) is 20.2. The van der Waals surface area contributed by atoms with E-state index in [1.807, 2.05) is 43.3 Å². The molecule has 0 atom stereocenters. The fourth-order valence-electron chi connectivity index (χ4n) is 2.69. The van der Waals surface area contributed by atoms with Gasteiger partial charge in [0, 0.05) is 18.0 Å². The average molecular weight is 404 g/mol. The molecule has 2 heterocycles. The largest absolute Gasteiger partial charge is 0.464 e. The van der Waals surface area contributed by atoms with Crippen molar-refractivity contribution in [3.63, 3.8) is 0 Å². The molecule has 0 amide bonds. The summed E-state index contributed by atoms with van der Waals surface area (Å²) in [5.41, 5.74) is 0.797. The smallest absolute Gasteiger partial charge is 0.343 e. The third-order valence-electron chi connectivity index (χ3n) is 4.16. The van der Waals surface area contributed by atoms with E-state index in [0.717, 1.165) is 22.7 Å². The number of carbonyl (C=O) groups excluding carboxylic acids is 1. The second-order valence-corrected chi connectivity index (χ2v) is 7.24. The minimum absolute atomic E-state index is 0.149. The van der Waals surface area contributed by atoms with Crippen LogP contribution in [0.5, 0.6) is 5.75 Å². The molecule has 144 valence electrons. The molecule has 0 aliphatic carbocycles. The molecule has 0 unspecified atom stereocenters. The number of carbonyl (C=O) groups is 1. The van der Waals surface area contributed by atoms with Gasteiger partial charge in [0.25, 0.3) is 0 Å². The van der Waals surface area contributed by atoms with E-state index in [1.165, 1.54) is 17.8 Å². The molecule has 6 nitrogen and oxygen atoms in total. The highest BCUT2D eigenvalue weighted by Gasteiger charge is 2.13. The van der Waals surface area contributed by atoms with Crippen molar-refractivity contribution in [2.75, 3.05) is 0 Å². The molecule has 0 fully saturated rings. The first-order valence-electron chi connectivity index (χ1n) is 8.84. The van der Waals surface area contributed by atoms with Crippen LogP contribution in [0, 0.1) is 6.92 Å². The topological polar surface area (TPSA) is 82.3 Å². The highest BCUT2D eigenvalue weighted by Crippen LogP contribution is 2.20. The molecule has 2 aromatic carbocycles. The van der Waals surface area contributed by atoms with Crippen molar-refractivity contribution in [3.8, 4) is 5.75 Å². The van der Waals surface area contributed by atoms with Crippen LogP contribution in [0.4, 0.5) is 0 Å². The van der Waals surface area contributed by atoms with Gasteiger partial charge >= 0.3 is 5.97 Å². The molecular weight excluding hydrogens is 388 g/mol. The maximum Gasteiger partial charge on any atom is 0.343 e. The van der Waals surface area contributed by atoms with E-state index in [9.17, 15) is 9.59 Å². The van der Waals surface area contributed by atoms with Crippen LogP contribution in [0.3, 0.4) is 0 Å². The lowest BCUT2D eigenvalue weighted by molar-refractivity contribution is 0.0729. The fraction of sp³-hybridized carbons (Fsp3) is 0.0909. The summed E-state index contributed by atoms with van der Waals surface area (Å²) in [6.07, 6.45) is 2.84. The van der Waals surface area contributed by atoms with Crippen molar-refractivity contribution >= 4 is 28.5 Å². The van der Waals surface area contributed by atoms with Crippen LogP contribution in [0.25, 0.3) is 10.8 Å². The first-order valence-corrected chi connectivity index (χ1v) is 9.82. The molecule has 0 saturated heterocycles. The Labute approximate surface area is 170 Å². The Balaban J connectivity index is 1.46. The monoisotopic (exact) mass is 404 g/mol. The van der Waals surface area contributed by atoms with Gasteiger partial charge in [-0.25, -0.2) is 14.8 Å². The van der Waals surface area contributed by atoms with Crippen molar-refractivity contribution < 1.29 is 13.9 Å². The van der Waals surface area contributed by atoms with E-state index < -0.39 is 11.4 Å². The summed E-state index contributed by atoms with van der Waals surface area (Å²) in [7, 11) is 0. The maximum absolute atomic E-state index is 12.4. The third-order valence-corrected chi connectivity index (χ3v) is 5.04. The first kappa shape index (κ1) is 18.9. The number of hydrogen-bond acceptors (Lipinski definition) is 7. The van der Waals surface area contributed by atoms with Gasteiger partial charge < -0.3 is 9.15 Å². The molecular formula is C22H16N2O4S. The summed E-state index contributed by atoms with van der Waals surface area (Å²) in [5, 5.41) is 2.53. The molecule has 0 saturated carbocycles. The lowest BCUT2D eigenvalue weighted by Gasteiger charge is -2.06. The number of fused-ring (bicyclic) bond motifs is 1. The van der Waals surface area contributed by atoms with E-state index in [-0.39, 0.29) is 5.75 Å². The quantitative estimate of drug-likeness (QED) is 0.277. The number of rotatable bonds is 5. The molecule has 0 aliphatic rings. The predicted molar refractivity (Wildman–Crippen MR) is 110 cm³/mol. The summed E-state index contributed by atoms with van der Waals surface area (Å²) in [4.78, 5) is 33.2. The second-order valence-electron chi connectivity index (χ2n) is 6.30. The Morgan fingerprint density at radius 2 is 1.93 bits per heavy atom. The Hall–Kier alpha value is -3.45. The van der Waals surface area contributed by atoms with Crippen LogP contribution < -0.4 is 10.2 Å². The van der Waals surface area contributed by atoms with Crippen LogP contribution >= 0.6 is 11.8 Å². The van der Waals surface area contributed by atoms with E-state index in [1.54, 1.807) is 18.3 Å². The Bertz CT molecular complexity index is 1250. The predicted octanol–water partition coefficient (Wildman–Crippen LogP) is 4.40. The van der Waals surface area contributed by atoms with Gasteiger partial charge in [-0.2, -0.15) is 0 Å². The number of nitrogens with zero attached hydrogens (tertiary/aromatic N) is 2. The second kappa shape index (κ2) is 8.28. The summed E-state index contributed by atoms with van der Waals surface area (Å²) < 4.78 is 10.7. The van der Waals surface area contributed by atoms with Gasteiger partial charge in [0.05, 0.1) is 11.3 Å². The van der Waals surface area contributed by atoms with Crippen molar-refractivity contribution in [2.24, 2.45) is 0 Å².